The molecule has 6 heteroatoms. The van der Waals surface area contributed by atoms with Gasteiger partial charge >= 0.3 is 0 Å². The highest BCUT2D eigenvalue weighted by atomic mass is 35.5. The van der Waals surface area contributed by atoms with Crippen LogP contribution in [-0.2, 0) is 0 Å². The largest absolute Gasteiger partial charge is 0.345 e. The first-order valence-electron chi connectivity index (χ1n) is 5.96. The quantitative estimate of drug-likeness (QED) is 0.895. The van der Waals surface area contributed by atoms with Gasteiger partial charge in [0, 0.05) is 21.9 Å². The molecule has 4 nitrogen and oxygen atoms in total. The number of aromatic amines is 1. The zero-order valence-corrected chi connectivity index (χ0v) is 11.6. The lowest BCUT2D eigenvalue weighted by molar-refractivity contribution is 0.0935. The third-order valence-electron chi connectivity index (χ3n) is 3.08. The molecule has 1 aromatic heterocycles. The maximum atomic E-state index is 12.1. The minimum atomic E-state index is -0.114. The highest BCUT2D eigenvalue weighted by Crippen LogP contribution is 2.37. The summed E-state index contributed by atoms with van der Waals surface area (Å²) in [4.78, 5) is 13.2. The molecular formula is C13H12ClN3OS. The van der Waals surface area contributed by atoms with E-state index in [0.29, 0.717) is 10.6 Å². The van der Waals surface area contributed by atoms with Crippen LogP contribution in [0.5, 0.6) is 0 Å². The van der Waals surface area contributed by atoms with Crippen molar-refractivity contribution >= 4 is 29.3 Å². The first-order valence-corrected chi connectivity index (χ1v) is 7.32. The molecule has 98 valence electrons. The highest BCUT2D eigenvalue weighted by molar-refractivity contribution is 7.99. The predicted molar refractivity (Wildman–Crippen MR) is 75.6 cm³/mol. The summed E-state index contributed by atoms with van der Waals surface area (Å²) in [5.41, 5.74) is 1.64. The molecule has 1 unspecified atom stereocenters. The van der Waals surface area contributed by atoms with E-state index in [0.717, 1.165) is 17.7 Å². The fourth-order valence-corrected chi connectivity index (χ4v) is 3.42. The Morgan fingerprint density at radius 3 is 3.21 bits per heavy atom. The Labute approximate surface area is 119 Å². The van der Waals surface area contributed by atoms with Crippen LogP contribution in [0.1, 0.15) is 28.4 Å². The van der Waals surface area contributed by atoms with Crippen LogP contribution >= 0.6 is 23.4 Å². The molecule has 0 fully saturated rings. The predicted octanol–water partition coefficient (Wildman–Crippen LogP) is 3.03. The SMILES string of the molecule is O=C(NC1CCSc2ccc(Cl)cc21)c1cn[nH]c1. The van der Waals surface area contributed by atoms with Crippen LogP contribution in [0.3, 0.4) is 0 Å². The zero-order chi connectivity index (χ0) is 13.2. The Kier molecular flexibility index (Phi) is 3.48. The molecule has 1 aliphatic heterocycles. The number of nitrogens with one attached hydrogen (secondary N) is 2. The molecule has 0 bridgehead atoms. The van der Waals surface area contributed by atoms with Crippen LogP contribution in [0.4, 0.5) is 0 Å². The van der Waals surface area contributed by atoms with Crippen molar-refractivity contribution in [3.8, 4) is 0 Å². The van der Waals surface area contributed by atoms with Crippen molar-refractivity contribution in [3.63, 3.8) is 0 Å². The fraction of sp³-hybridized carbons (Fsp3) is 0.231. The number of hydrogen-bond acceptors (Lipinski definition) is 3. The summed E-state index contributed by atoms with van der Waals surface area (Å²) < 4.78 is 0. The van der Waals surface area contributed by atoms with Crippen LogP contribution in [0.25, 0.3) is 0 Å². The number of benzene rings is 1. The standard InChI is InChI=1S/C13H12ClN3OS/c14-9-1-2-12-10(5-9)11(3-4-19-12)17-13(18)8-6-15-16-7-8/h1-2,5-7,11H,3-4H2,(H,15,16)(H,17,18). The normalized spacial score (nSPS) is 17.8. The van der Waals surface area contributed by atoms with Crippen LogP contribution in [-0.4, -0.2) is 21.9 Å². The van der Waals surface area contributed by atoms with Gasteiger partial charge in [0.1, 0.15) is 0 Å². The van der Waals surface area contributed by atoms with E-state index < -0.39 is 0 Å². The van der Waals surface area contributed by atoms with Gasteiger partial charge in [-0.3, -0.25) is 9.89 Å². The van der Waals surface area contributed by atoms with E-state index >= 15 is 0 Å². The van der Waals surface area contributed by atoms with Crippen molar-refractivity contribution in [2.75, 3.05) is 5.75 Å². The topological polar surface area (TPSA) is 57.8 Å². The Balaban J connectivity index is 1.84. The van der Waals surface area contributed by atoms with Gasteiger partial charge in [0.25, 0.3) is 5.91 Å². The summed E-state index contributed by atoms with van der Waals surface area (Å²) in [6, 6.07) is 5.84. The minimum absolute atomic E-state index is 0.0114. The number of hydrogen-bond donors (Lipinski definition) is 2. The Bertz CT molecular complexity index is 600. The number of rotatable bonds is 2. The van der Waals surface area contributed by atoms with Crippen LogP contribution in [0.2, 0.25) is 5.02 Å². The third kappa shape index (κ3) is 2.62. The van der Waals surface area contributed by atoms with Crippen molar-refractivity contribution in [2.45, 2.75) is 17.4 Å². The van der Waals surface area contributed by atoms with Crippen molar-refractivity contribution in [1.29, 1.82) is 0 Å². The van der Waals surface area contributed by atoms with Gasteiger partial charge in [0.15, 0.2) is 0 Å². The molecule has 0 saturated heterocycles. The molecule has 0 aliphatic carbocycles. The molecule has 3 rings (SSSR count). The van der Waals surface area contributed by atoms with E-state index in [1.54, 1.807) is 18.0 Å². The van der Waals surface area contributed by atoms with E-state index in [1.807, 2.05) is 18.2 Å². The smallest absolute Gasteiger partial charge is 0.254 e. The average molecular weight is 294 g/mol. The molecular weight excluding hydrogens is 282 g/mol. The second-order valence-corrected chi connectivity index (χ2v) is 5.91. The van der Waals surface area contributed by atoms with Gasteiger partial charge in [0.2, 0.25) is 0 Å². The first-order chi connectivity index (χ1) is 9.24. The van der Waals surface area contributed by atoms with E-state index in [4.69, 9.17) is 11.6 Å². The van der Waals surface area contributed by atoms with Crippen LogP contribution in [0.15, 0.2) is 35.5 Å². The summed E-state index contributed by atoms with van der Waals surface area (Å²) in [5.74, 6) is 0.877. The van der Waals surface area contributed by atoms with Crippen molar-refractivity contribution < 1.29 is 4.79 Å². The van der Waals surface area contributed by atoms with E-state index in [-0.39, 0.29) is 11.9 Å². The first kappa shape index (κ1) is 12.6. The van der Waals surface area contributed by atoms with Gasteiger partial charge in [-0.1, -0.05) is 11.6 Å². The Morgan fingerprint density at radius 1 is 1.53 bits per heavy atom. The van der Waals surface area contributed by atoms with Gasteiger partial charge in [-0.05, 0) is 30.2 Å². The van der Waals surface area contributed by atoms with Crippen LogP contribution < -0.4 is 5.32 Å². The highest BCUT2D eigenvalue weighted by Gasteiger charge is 2.23. The monoisotopic (exact) mass is 293 g/mol. The van der Waals surface area contributed by atoms with Crippen molar-refractivity contribution in [2.24, 2.45) is 0 Å². The Hall–Kier alpha value is -1.46. The summed E-state index contributed by atoms with van der Waals surface area (Å²) in [6.07, 6.45) is 4.01. The van der Waals surface area contributed by atoms with Crippen LogP contribution in [0, 0.1) is 0 Å². The number of carbonyl (C=O) groups excluding carboxylic acids is 1. The molecule has 2 aromatic rings. The molecule has 1 amide bonds. The molecule has 0 radical (unpaired) electrons. The molecule has 1 aliphatic rings. The van der Waals surface area contributed by atoms with E-state index in [2.05, 4.69) is 15.5 Å². The molecule has 1 atom stereocenters. The molecule has 1 aromatic carbocycles. The summed E-state index contributed by atoms with van der Waals surface area (Å²) in [5, 5.41) is 10.2. The second kappa shape index (κ2) is 5.27. The van der Waals surface area contributed by atoms with E-state index in [1.165, 1.54) is 11.1 Å². The number of amides is 1. The maximum Gasteiger partial charge on any atom is 0.254 e. The third-order valence-corrected chi connectivity index (χ3v) is 4.43. The number of fused-ring (bicyclic) bond motifs is 1. The summed E-state index contributed by atoms with van der Waals surface area (Å²) >= 11 is 7.84. The van der Waals surface area contributed by atoms with Gasteiger partial charge in [-0.15, -0.1) is 11.8 Å². The Morgan fingerprint density at radius 2 is 2.42 bits per heavy atom. The number of aromatic nitrogens is 2. The molecule has 2 N–H and O–H groups in total. The summed E-state index contributed by atoms with van der Waals surface area (Å²) in [7, 11) is 0. The van der Waals surface area contributed by atoms with Gasteiger partial charge < -0.3 is 5.32 Å². The number of thioether (sulfide) groups is 1. The number of H-pyrrole nitrogens is 1. The molecule has 0 saturated carbocycles. The number of nitrogens with zero attached hydrogens (tertiary/aromatic N) is 1. The minimum Gasteiger partial charge on any atom is -0.345 e. The lowest BCUT2D eigenvalue weighted by Gasteiger charge is -2.26. The zero-order valence-electron chi connectivity index (χ0n) is 10.0. The lowest BCUT2D eigenvalue weighted by Crippen LogP contribution is -2.30. The van der Waals surface area contributed by atoms with Gasteiger partial charge in [-0.2, -0.15) is 5.10 Å². The van der Waals surface area contributed by atoms with E-state index in [9.17, 15) is 4.79 Å². The summed E-state index contributed by atoms with van der Waals surface area (Å²) in [6.45, 7) is 0. The maximum absolute atomic E-state index is 12.1. The fourth-order valence-electron chi connectivity index (χ4n) is 2.13. The average Bonchev–Trinajstić information content (AvgIpc) is 2.93. The number of halogens is 1. The van der Waals surface area contributed by atoms with Gasteiger partial charge in [0.05, 0.1) is 17.8 Å². The van der Waals surface area contributed by atoms with Crippen molar-refractivity contribution in [3.05, 3.63) is 46.7 Å². The molecule has 0 spiro atoms. The van der Waals surface area contributed by atoms with Crippen molar-refractivity contribution in [1.82, 2.24) is 15.5 Å². The number of carbonyl (C=O) groups is 1. The lowest BCUT2D eigenvalue weighted by atomic mass is 10.0. The molecule has 2 heterocycles. The van der Waals surface area contributed by atoms with Gasteiger partial charge in [-0.25, -0.2) is 0 Å². The second-order valence-electron chi connectivity index (χ2n) is 4.33. The molecule has 19 heavy (non-hydrogen) atoms.